The van der Waals surface area contributed by atoms with Crippen molar-refractivity contribution in [2.24, 2.45) is 0 Å². The quantitative estimate of drug-likeness (QED) is 0.792. The van der Waals surface area contributed by atoms with Crippen LogP contribution in [0.5, 0.6) is 0 Å². The molecule has 3 heteroatoms. The van der Waals surface area contributed by atoms with Gasteiger partial charge in [-0.15, -0.1) is 0 Å². The number of hydrogen-bond acceptors (Lipinski definition) is 3. The Bertz CT molecular complexity index is 533. The van der Waals surface area contributed by atoms with E-state index in [9.17, 15) is 0 Å². The molecule has 0 fully saturated rings. The molecule has 16 heavy (non-hydrogen) atoms. The van der Waals surface area contributed by atoms with Crippen LogP contribution in [0.2, 0.25) is 0 Å². The molecule has 0 unspecified atom stereocenters. The Morgan fingerprint density at radius 2 is 1.81 bits per heavy atom. The average molecular weight is 213 g/mol. The lowest BCUT2D eigenvalue weighted by atomic mass is 10.00. The summed E-state index contributed by atoms with van der Waals surface area (Å²) in [6, 6.07) is 6.32. The highest BCUT2D eigenvalue weighted by molar-refractivity contribution is 5.70. The summed E-state index contributed by atoms with van der Waals surface area (Å²) in [5.41, 5.74) is 11.2. The summed E-state index contributed by atoms with van der Waals surface area (Å²) in [6.45, 7) is 6.10. The van der Waals surface area contributed by atoms with E-state index in [1.165, 1.54) is 17.5 Å². The molecule has 0 spiro atoms. The second-order valence-corrected chi connectivity index (χ2v) is 4.05. The van der Waals surface area contributed by atoms with Crippen molar-refractivity contribution in [2.75, 3.05) is 5.73 Å². The van der Waals surface area contributed by atoms with E-state index in [-0.39, 0.29) is 0 Å². The number of anilines is 1. The zero-order chi connectivity index (χ0) is 11.7. The minimum absolute atomic E-state index is 0.547. The lowest BCUT2D eigenvalue weighted by Gasteiger charge is -2.10. The normalized spacial score (nSPS) is 10.4. The number of nitrogens with two attached hydrogens (primary N) is 1. The number of rotatable bonds is 1. The molecule has 82 valence electrons. The van der Waals surface area contributed by atoms with Crippen molar-refractivity contribution in [1.82, 2.24) is 9.97 Å². The summed E-state index contributed by atoms with van der Waals surface area (Å²) in [4.78, 5) is 8.30. The van der Waals surface area contributed by atoms with Gasteiger partial charge in [0.1, 0.15) is 12.1 Å². The van der Waals surface area contributed by atoms with Crippen LogP contribution < -0.4 is 5.73 Å². The van der Waals surface area contributed by atoms with Crippen molar-refractivity contribution in [3.63, 3.8) is 0 Å². The Morgan fingerprint density at radius 3 is 2.56 bits per heavy atom. The van der Waals surface area contributed by atoms with E-state index in [0.717, 1.165) is 16.8 Å². The molecule has 0 saturated heterocycles. The summed E-state index contributed by atoms with van der Waals surface area (Å²) in [5, 5.41) is 0. The molecular weight excluding hydrogens is 198 g/mol. The molecule has 2 aromatic rings. The van der Waals surface area contributed by atoms with Crippen LogP contribution in [0.25, 0.3) is 11.3 Å². The molecular formula is C13H15N3. The minimum atomic E-state index is 0.547. The van der Waals surface area contributed by atoms with Crippen molar-refractivity contribution in [1.29, 1.82) is 0 Å². The SMILES string of the molecule is Cc1ccc(C)c(-c2ncnc(N)c2C)c1. The zero-order valence-corrected chi connectivity index (χ0v) is 9.78. The molecule has 3 nitrogen and oxygen atoms in total. The first-order valence-electron chi connectivity index (χ1n) is 5.24. The fraction of sp³-hybridized carbons (Fsp3) is 0.231. The second-order valence-electron chi connectivity index (χ2n) is 4.05. The number of nitrogen functional groups attached to an aromatic ring is 1. The van der Waals surface area contributed by atoms with Gasteiger partial charge in [0.2, 0.25) is 0 Å². The fourth-order valence-electron chi connectivity index (χ4n) is 1.73. The predicted molar refractivity (Wildman–Crippen MR) is 66.1 cm³/mol. The lowest BCUT2D eigenvalue weighted by Crippen LogP contribution is -1.99. The first kappa shape index (κ1) is 10.6. The lowest BCUT2D eigenvalue weighted by molar-refractivity contribution is 1.14. The molecule has 1 aromatic carbocycles. The molecule has 0 aliphatic heterocycles. The standard InChI is InChI=1S/C13H15N3/c1-8-4-5-9(2)11(6-8)12-10(3)13(14)16-7-15-12/h4-7H,1-3H3,(H2,14,15,16). The van der Waals surface area contributed by atoms with Gasteiger partial charge in [0.25, 0.3) is 0 Å². The van der Waals surface area contributed by atoms with E-state index < -0.39 is 0 Å². The average Bonchev–Trinajstić information content (AvgIpc) is 2.26. The van der Waals surface area contributed by atoms with E-state index in [1.807, 2.05) is 6.92 Å². The Labute approximate surface area is 95.4 Å². The smallest absolute Gasteiger partial charge is 0.130 e. The van der Waals surface area contributed by atoms with Gasteiger partial charge in [0.05, 0.1) is 5.69 Å². The first-order chi connectivity index (χ1) is 7.59. The van der Waals surface area contributed by atoms with E-state index in [2.05, 4.69) is 42.0 Å². The van der Waals surface area contributed by atoms with Crippen molar-refractivity contribution in [3.8, 4) is 11.3 Å². The number of aromatic nitrogens is 2. The maximum absolute atomic E-state index is 5.79. The van der Waals surface area contributed by atoms with Crippen LogP contribution in [-0.4, -0.2) is 9.97 Å². The van der Waals surface area contributed by atoms with Crippen molar-refractivity contribution in [3.05, 3.63) is 41.2 Å². The van der Waals surface area contributed by atoms with Crippen LogP contribution in [0.3, 0.4) is 0 Å². The summed E-state index contributed by atoms with van der Waals surface area (Å²) >= 11 is 0. The molecule has 0 saturated carbocycles. The van der Waals surface area contributed by atoms with E-state index in [4.69, 9.17) is 5.73 Å². The largest absolute Gasteiger partial charge is 0.383 e. The molecule has 2 rings (SSSR count). The summed E-state index contributed by atoms with van der Waals surface area (Å²) < 4.78 is 0. The highest BCUT2D eigenvalue weighted by atomic mass is 14.9. The van der Waals surface area contributed by atoms with Crippen LogP contribution in [0.15, 0.2) is 24.5 Å². The molecule has 1 heterocycles. The van der Waals surface area contributed by atoms with Gasteiger partial charge >= 0.3 is 0 Å². The van der Waals surface area contributed by atoms with Crippen LogP contribution in [0.1, 0.15) is 16.7 Å². The van der Waals surface area contributed by atoms with E-state index in [0.29, 0.717) is 5.82 Å². The monoisotopic (exact) mass is 213 g/mol. The van der Waals surface area contributed by atoms with Gasteiger partial charge in [-0.05, 0) is 32.4 Å². The molecule has 0 amide bonds. The van der Waals surface area contributed by atoms with Gasteiger partial charge in [-0.2, -0.15) is 0 Å². The van der Waals surface area contributed by atoms with E-state index in [1.54, 1.807) is 0 Å². The highest BCUT2D eigenvalue weighted by Crippen LogP contribution is 2.26. The van der Waals surface area contributed by atoms with Crippen LogP contribution in [0.4, 0.5) is 5.82 Å². The van der Waals surface area contributed by atoms with Crippen LogP contribution >= 0.6 is 0 Å². The van der Waals surface area contributed by atoms with Gasteiger partial charge in [-0.1, -0.05) is 17.7 Å². The number of hydrogen-bond donors (Lipinski definition) is 1. The maximum atomic E-state index is 5.79. The summed E-state index contributed by atoms with van der Waals surface area (Å²) in [6.07, 6.45) is 1.51. The van der Waals surface area contributed by atoms with Gasteiger partial charge in [0, 0.05) is 11.1 Å². The van der Waals surface area contributed by atoms with Crippen molar-refractivity contribution in [2.45, 2.75) is 20.8 Å². The molecule has 0 atom stereocenters. The molecule has 0 radical (unpaired) electrons. The zero-order valence-electron chi connectivity index (χ0n) is 9.78. The fourth-order valence-corrected chi connectivity index (χ4v) is 1.73. The van der Waals surface area contributed by atoms with Crippen LogP contribution in [0, 0.1) is 20.8 Å². The maximum Gasteiger partial charge on any atom is 0.130 e. The summed E-state index contributed by atoms with van der Waals surface area (Å²) in [7, 11) is 0. The number of benzene rings is 1. The van der Waals surface area contributed by atoms with Gasteiger partial charge in [0.15, 0.2) is 0 Å². The number of aryl methyl sites for hydroxylation is 2. The third kappa shape index (κ3) is 1.76. The highest BCUT2D eigenvalue weighted by Gasteiger charge is 2.09. The Kier molecular flexibility index (Phi) is 2.60. The van der Waals surface area contributed by atoms with Gasteiger partial charge < -0.3 is 5.73 Å². The van der Waals surface area contributed by atoms with Crippen molar-refractivity contribution < 1.29 is 0 Å². The van der Waals surface area contributed by atoms with Crippen LogP contribution in [-0.2, 0) is 0 Å². The molecule has 0 bridgehead atoms. The Hall–Kier alpha value is -1.90. The predicted octanol–water partition coefficient (Wildman–Crippen LogP) is 2.65. The second kappa shape index (κ2) is 3.93. The minimum Gasteiger partial charge on any atom is -0.383 e. The Balaban J connectivity index is 2.67. The topological polar surface area (TPSA) is 51.8 Å². The third-order valence-electron chi connectivity index (χ3n) is 2.77. The van der Waals surface area contributed by atoms with E-state index >= 15 is 0 Å². The molecule has 1 aromatic heterocycles. The van der Waals surface area contributed by atoms with Gasteiger partial charge in [-0.25, -0.2) is 9.97 Å². The van der Waals surface area contributed by atoms with Gasteiger partial charge in [-0.3, -0.25) is 0 Å². The van der Waals surface area contributed by atoms with Crippen molar-refractivity contribution >= 4 is 5.82 Å². The third-order valence-corrected chi connectivity index (χ3v) is 2.77. The first-order valence-corrected chi connectivity index (χ1v) is 5.24. The molecule has 0 aliphatic carbocycles. The summed E-state index contributed by atoms with van der Waals surface area (Å²) in [5.74, 6) is 0.547. The number of nitrogens with zero attached hydrogens (tertiary/aromatic N) is 2. The Morgan fingerprint density at radius 1 is 1.06 bits per heavy atom. The molecule has 0 aliphatic rings. The molecule has 2 N–H and O–H groups in total.